The number of hydrogen-bond donors (Lipinski definition) is 1. The molecule has 3 rings (SSSR count). The predicted octanol–water partition coefficient (Wildman–Crippen LogP) is 3.29. The van der Waals surface area contributed by atoms with E-state index in [0.29, 0.717) is 5.92 Å². The van der Waals surface area contributed by atoms with Gasteiger partial charge < -0.3 is 9.67 Å². The molecular formula is C15H16FNO2. The van der Waals surface area contributed by atoms with Gasteiger partial charge in [0, 0.05) is 24.1 Å². The van der Waals surface area contributed by atoms with E-state index in [2.05, 4.69) is 0 Å². The summed E-state index contributed by atoms with van der Waals surface area (Å²) in [6.45, 7) is 0. The Morgan fingerprint density at radius 3 is 2.89 bits per heavy atom. The van der Waals surface area contributed by atoms with Gasteiger partial charge >= 0.3 is 5.97 Å². The molecule has 1 aromatic carbocycles. The zero-order valence-electron chi connectivity index (χ0n) is 10.8. The number of hydrogen-bond acceptors (Lipinski definition) is 1. The fourth-order valence-corrected chi connectivity index (χ4v) is 2.91. The van der Waals surface area contributed by atoms with Crippen molar-refractivity contribution in [1.82, 2.24) is 4.57 Å². The number of carbonyl (C=O) groups is 1. The zero-order valence-corrected chi connectivity index (χ0v) is 10.8. The number of rotatable bonds is 4. The molecule has 2 aromatic rings. The molecule has 1 saturated carbocycles. The van der Waals surface area contributed by atoms with Crippen LogP contribution in [0, 0.1) is 11.7 Å². The molecule has 1 fully saturated rings. The Kier molecular flexibility index (Phi) is 2.81. The maximum absolute atomic E-state index is 13.4. The highest BCUT2D eigenvalue weighted by molar-refractivity contribution is 5.85. The van der Waals surface area contributed by atoms with Crippen LogP contribution in [0.15, 0.2) is 24.4 Å². The number of nitrogens with zero attached hydrogens (tertiary/aromatic N) is 1. The van der Waals surface area contributed by atoms with Crippen molar-refractivity contribution in [3.8, 4) is 0 Å². The van der Waals surface area contributed by atoms with E-state index in [1.54, 1.807) is 6.07 Å². The van der Waals surface area contributed by atoms with Crippen LogP contribution in [0.3, 0.4) is 0 Å². The first-order valence-electron chi connectivity index (χ1n) is 6.52. The highest BCUT2D eigenvalue weighted by Gasteiger charge is 2.35. The Morgan fingerprint density at radius 1 is 1.53 bits per heavy atom. The van der Waals surface area contributed by atoms with Crippen LogP contribution < -0.4 is 0 Å². The van der Waals surface area contributed by atoms with Crippen molar-refractivity contribution in [1.29, 1.82) is 0 Å². The monoisotopic (exact) mass is 261 g/mol. The van der Waals surface area contributed by atoms with E-state index < -0.39 is 5.97 Å². The van der Waals surface area contributed by atoms with E-state index in [9.17, 15) is 9.18 Å². The molecule has 100 valence electrons. The van der Waals surface area contributed by atoms with Gasteiger partial charge in [-0.1, -0.05) is 0 Å². The van der Waals surface area contributed by atoms with Gasteiger partial charge in [0.05, 0.1) is 6.42 Å². The molecule has 0 aliphatic heterocycles. The second-order valence-electron chi connectivity index (χ2n) is 5.40. The van der Waals surface area contributed by atoms with Gasteiger partial charge in [-0.3, -0.25) is 4.79 Å². The number of fused-ring (bicyclic) bond motifs is 1. The van der Waals surface area contributed by atoms with E-state index >= 15 is 0 Å². The lowest BCUT2D eigenvalue weighted by molar-refractivity contribution is -0.137. The molecule has 0 radical (unpaired) electrons. The molecule has 3 nitrogen and oxygen atoms in total. The summed E-state index contributed by atoms with van der Waals surface area (Å²) in [7, 11) is 1.91. The number of aryl methyl sites for hydroxylation is 1. The van der Waals surface area contributed by atoms with Crippen molar-refractivity contribution >= 4 is 16.9 Å². The quantitative estimate of drug-likeness (QED) is 0.917. The number of aliphatic carboxylic acids is 1. The summed E-state index contributed by atoms with van der Waals surface area (Å²) in [6, 6.07) is 4.70. The van der Waals surface area contributed by atoms with E-state index in [1.165, 1.54) is 12.1 Å². The van der Waals surface area contributed by atoms with Crippen LogP contribution in [0.5, 0.6) is 0 Å². The minimum Gasteiger partial charge on any atom is -0.481 e. The first-order chi connectivity index (χ1) is 9.06. The van der Waals surface area contributed by atoms with Crippen molar-refractivity contribution in [2.45, 2.75) is 25.2 Å². The third kappa shape index (κ3) is 2.23. The summed E-state index contributed by atoms with van der Waals surface area (Å²) in [5.41, 5.74) is 1.93. The Labute approximate surface area is 110 Å². The van der Waals surface area contributed by atoms with E-state index in [-0.39, 0.29) is 18.2 Å². The second-order valence-corrected chi connectivity index (χ2v) is 5.40. The Hall–Kier alpha value is -1.84. The van der Waals surface area contributed by atoms with Gasteiger partial charge in [-0.2, -0.15) is 0 Å². The second kappa shape index (κ2) is 4.37. The average Bonchev–Trinajstić information content (AvgIpc) is 3.12. The van der Waals surface area contributed by atoms with Crippen LogP contribution in [0.2, 0.25) is 0 Å². The molecular weight excluding hydrogens is 245 g/mol. The summed E-state index contributed by atoms with van der Waals surface area (Å²) in [6.07, 6.45) is 4.23. The van der Waals surface area contributed by atoms with Crippen LogP contribution in [0.1, 0.15) is 30.7 Å². The molecule has 1 unspecified atom stereocenters. The van der Waals surface area contributed by atoms with Crippen molar-refractivity contribution in [3.05, 3.63) is 35.8 Å². The number of halogens is 1. The lowest BCUT2D eigenvalue weighted by atomic mass is 9.91. The predicted molar refractivity (Wildman–Crippen MR) is 70.6 cm³/mol. The SMILES string of the molecule is Cn1cc(C(CC(=O)O)C2CC2)c2cc(F)ccc21. The largest absolute Gasteiger partial charge is 0.481 e. The number of aromatic nitrogens is 1. The van der Waals surface area contributed by atoms with Crippen LogP contribution in [0.4, 0.5) is 4.39 Å². The fraction of sp³-hybridized carbons (Fsp3) is 0.400. The average molecular weight is 261 g/mol. The molecule has 0 bridgehead atoms. The number of carboxylic acid groups (broad SMARTS) is 1. The molecule has 1 N–H and O–H groups in total. The minimum atomic E-state index is -0.787. The molecule has 1 atom stereocenters. The Bertz CT molecular complexity index is 643. The third-order valence-corrected chi connectivity index (χ3v) is 3.97. The lowest BCUT2D eigenvalue weighted by Gasteiger charge is -2.13. The smallest absolute Gasteiger partial charge is 0.303 e. The summed E-state index contributed by atoms with van der Waals surface area (Å²) >= 11 is 0. The van der Waals surface area contributed by atoms with Gasteiger partial charge in [0.1, 0.15) is 5.82 Å². The highest BCUT2D eigenvalue weighted by Crippen LogP contribution is 2.46. The van der Waals surface area contributed by atoms with Gasteiger partial charge in [-0.05, 0) is 48.4 Å². The van der Waals surface area contributed by atoms with E-state index in [0.717, 1.165) is 29.3 Å². The summed E-state index contributed by atoms with van der Waals surface area (Å²) in [5.74, 6) is -0.622. The molecule has 1 aromatic heterocycles. The topological polar surface area (TPSA) is 42.2 Å². The normalized spacial score (nSPS) is 16.7. The summed E-state index contributed by atoms with van der Waals surface area (Å²) < 4.78 is 15.4. The first kappa shape index (κ1) is 12.2. The third-order valence-electron chi connectivity index (χ3n) is 3.97. The van der Waals surface area contributed by atoms with E-state index in [1.807, 2.05) is 17.8 Å². The number of carboxylic acids is 1. The molecule has 1 aliphatic rings. The lowest BCUT2D eigenvalue weighted by Crippen LogP contribution is -2.08. The van der Waals surface area contributed by atoms with Crippen LogP contribution in [-0.2, 0) is 11.8 Å². The summed E-state index contributed by atoms with van der Waals surface area (Å²) in [5, 5.41) is 9.92. The van der Waals surface area contributed by atoms with Crippen LogP contribution in [0.25, 0.3) is 10.9 Å². The van der Waals surface area contributed by atoms with Gasteiger partial charge in [-0.25, -0.2) is 4.39 Å². The van der Waals surface area contributed by atoms with Gasteiger partial charge in [0.2, 0.25) is 0 Å². The summed E-state index contributed by atoms with van der Waals surface area (Å²) in [4.78, 5) is 11.0. The molecule has 0 spiro atoms. The van der Waals surface area contributed by atoms with Gasteiger partial charge in [0.15, 0.2) is 0 Å². The fourth-order valence-electron chi connectivity index (χ4n) is 2.91. The molecule has 4 heteroatoms. The molecule has 19 heavy (non-hydrogen) atoms. The zero-order chi connectivity index (χ0) is 13.6. The molecule has 0 amide bonds. The maximum Gasteiger partial charge on any atom is 0.303 e. The van der Waals surface area contributed by atoms with Crippen LogP contribution in [-0.4, -0.2) is 15.6 Å². The first-order valence-corrected chi connectivity index (χ1v) is 6.52. The minimum absolute atomic E-state index is 0.00278. The van der Waals surface area contributed by atoms with Crippen molar-refractivity contribution in [2.75, 3.05) is 0 Å². The molecule has 0 saturated heterocycles. The standard InChI is InChI=1S/C15H16FNO2/c1-17-8-13(11(7-15(18)19)9-2-3-9)12-6-10(16)4-5-14(12)17/h4-6,8-9,11H,2-3,7H2,1H3,(H,18,19). The molecule has 1 aliphatic carbocycles. The maximum atomic E-state index is 13.4. The van der Waals surface area contributed by atoms with E-state index in [4.69, 9.17) is 5.11 Å². The Balaban J connectivity index is 2.11. The highest BCUT2D eigenvalue weighted by atomic mass is 19.1. The van der Waals surface area contributed by atoms with Crippen LogP contribution >= 0.6 is 0 Å². The van der Waals surface area contributed by atoms with Gasteiger partial charge in [0.25, 0.3) is 0 Å². The van der Waals surface area contributed by atoms with Gasteiger partial charge in [-0.15, -0.1) is 0 Å². The number of benzene rings is 1. The van der Waals surface area contributed by atoms with Crippen molar-refractivity contribution in [3.63, 3.8) is 0 Å². The van der Waals surface area contributed by atoms with Crippen molar-refractivity contribution in [2.24, 2.45) is 13.0 Å². The Morgan fingerprint density at radius 2 is 2.26 bits per heavy atom. The molecule has 1 heterocycles. The van der Waals surface area contributed by atoms with Crippen molar-refractivity contribution < 1.29 is 14.3 Å².